The van der Waals surface area contributed by atoms with E-state index in [-0.39, 0.29) is 0 Å². The average Bonchev–Trinajstić information content (AvgIpc) is 3.39. The molecule has 0 unspecified atom stereocenters. The first-order valence-corrected chi connectivity index (χ1v) is 10.6. The third-order valence-electron chi connectivity index (χ3n) is 5.63. The molecule has 1 saturated heterocycles. The van der Waals surface area contributed by atoms with Crippen LogP contribution in [-0.4, -0.2) is 34.1 Å². The normalized spacial score (nSPS) is 15.3. The van der Waals surface area contributed by atoms with Gasteiger partial charge < -0.3 is 4.90 Å². The summed E-state index contributed by atoms with van der Waals surface area (Å²) in [5.74, 6) is 1.16. The molecular formula is C22H24BrN4+. The van der Waals surface area contributed by atoms with Gasteiger partial charge in [-0.15, -0.1) is 0 Å². The Balaban J connectivity index is 1.55. The van der Waals surface area contributed by atoms with Gasteiger partial charge in [-0.3, -0.25) is 0 Å². The van der Waals surface area contributed by atoms with E-state index in [1.165, 1.54) is 61.2 Å². The fourth-order valence-corrected chi connectivity index (χ4v) is 4.52. The minimum atomic E-state index is 1.02. The largest absolute Gasteiger partial charge is 0.368 e. The Morgan fingerprint density at radius 2 is 1.74 bits per heavy atom. The Bertz CT molecular complexity index is 1070. The SMILES string of the molecule is Brc1ccc(-c2c[n+]3c4ccccc4[nH]c3n2CCCN2CCCC2)cc1. The number of nitrogens with one attached hydrogen (secondary N) is 1. The number of aromatic amines is 1. The van der Waals surface area contributed by atoms with Gasteiger partial charge in [-0.05, 0) is 56.6 Å². The molecule has 5 heteroatoms. The predicted molar refractivity (Wildman–Crippen MR) is 113 cm³/mol. The van der Waals surface area contributed by atoms with E-state index >= 15 is 0 Å². The smallest absolute Gasteiger partial charge is 0.303 e. The van der Waals surface area contributed by atoms with Crippen LogP contribution in [0.2, 0.25) is 0 Å². The zero-order chi connectivity index (χ0) is 18.2. The second-order valence-corrected chi connectivity index (χ2v) is 8.33. The highest BCUT2D eigenvalue weighted by molar-refractivity contribution is 9.10. The number of para-hydroxylation sites is 2. The van der Waals surface area contributed by atoms with Crippen molar-refractivity contribution in [2.24, 2.45) is 0 Å². The van der Waals surface area contributed by atoms with Gasteiger partial charge in [0.1, 0.15) is 22.9 Å². The molecule has 0 radical (unpaired) electrons. The van der Waals surface area contributed by atoms with Gasteiger partial charge in [-0.2, -0.15) is 4.40 Å². The van der Waals surface area contributed by atoms with Crippen molar-refractivity contribution in [1.82, 2.24) is 14.5 Å². The van der Waals surface area contributed by atoms with Crippen LogP contribution >= 0.6 is 15.9 Å². The summed E-state index contributed by atoms with van der Waals surface area (Å²) >= 11 is 3.55. The average molecular weight is 424 g/mol. The fraction of sp³-hybridized carbons (Fsp3) is 0.318. The molecule has 1 aliphatic rings. The molecule has 0 saturated carbocycles. The Morgan fingerprint density at radius 3 is 2.56 bits per heavy atom. The van der Waals surface area contributed by atoms with Crippen LogP contribution in [0.4, 0.5) is 0 Å². The highest BCUT2D eigenvalue weighted by Gasteiger charge is 2.22. The molecule has 1 N–H and O–H groups in total. The highest BCUT2D eigenvalue weighted by Crippen LogP contribution is 2.24. The van der Waals surface area contributed by atoms with E-state index in [2.05, 4.69) is 89.5 Å². The van der Waals surface area contributed by atoms with Crippen molar-refractivity contribution in [3.8, 4) is 11.3 Å². The van der Waals surface area contributed by atoms with Crippen LogP contribution in [0.15, 0.2) is 59.2 Å². The van der Waals surface area contributed by atoms with Gasteiger partial charge in [0.15, 0.2) is 0 Å². The molecule has 2 aromatic heterocycles. The van der Waals surface area contributed by atoms with Crippen LogP contribution in [0, 0.1) is 0 Å². The molecule has 0 aliphatic carbocycles. The van der Waals surface area contributed by atoms with Gasteiger partial charge in [-0.1, -0.05) is 40.2 Å². The maximum Gasteiger partial charge on any atom is 0.368 e. The molecular weight excluding hydrogens is 400 g/mol. The molecule has 1 fully saturated rings. The molecule has 2 aromatic carbocycles. The molecule has 5 rings (SSSR count). The number of H-pyrrole nitrogens is 1. The molecule has 4 aromatic rings. The van der Waals surface area contributed by atoms with Crippen molar-refractivity contribution in [2.45, 2.75) is 25.8 Å². The van der Waals surface area contributed by atoms with Gasteiger partial charge >= 0.3 is 5.78 Å². The van der Waals surface area contributed by atoms with Gasteiger partial charge in [-0.25, -0.2) is 9.55 Å². The second-order valence-electron chi connectivity index (χ2n) is 7.41. The maximum atomic E-state index is 3.63. The quantitative estimate of drug-likeness (QED) is 0.465. The molecule has 4 nitrogen and oxygen atoms in total. The molecule has 3 heterocycles. The lowest BCUT2D eigenvalue weighted by Crippen LogP contribution is -2.22. The fourth-order valence-electron chi connectivity index (χ4n) is 4.25. The van der Waals surface area contributed by atoms with E-state index < -0.39 is 0 Å². The Morgan fingerprint density at radius 1 is 0.963 bits per heavy atom. The molecule has 0 atom stereocenters. The first-order valence-electron chi connectivity index (χ1n) is 9.79. The highest BCUT2D eigenvalue weighted by atomic mass is 79.9. The van der Waals surface area contributed by atoms with Crippen LogP contribution in [0.25, 0.3) is 28.1 Å². The molecule has 1 aliphatic heterocycles. The minimum absolute atomic E-state index is 1.02. The number of rotatable bonds is 5. The van der Waals surface area contributed by atoms with Crippen molar-refractivity contribution in [3.05, 3.63) is 59.2 Å². The van der Waals surface area contributed by atoms with Crippen LogP contribution in [0.1, 0.15) is 19.3 Å². The van der Waals surface area contributed by atoms with Crippen LogP contribution in [0.5, 0.6) is 0 Å². The molecule has 0 bridgehead atoms. The summed E-state index contributed by atoms with van der Waals surface area (Å²) in [4.78, 5) is 6.23. The predicted octanol–water partition coefficient (Wildman–Crippen LogP) is 4.62. The Hall–Kier alpha value is -2.11. The number of hydrogen-bond donors (Lipinski definition) is 1. The summed E-state index contributed by atoms with van der Waals surface area (Å²) in [5.41, 5.74) is 4.92. The van der Waals surface area contributed by atoms with Crippen LogP contribution < -0.4 is 4.40 Å². The summed E-state index contributed by atoms with van der Waals surface area (Å²) in [7, 11) is 0. The van der Waals surface area contributed by atoms with Gasteiger partial charge in [0.05, 0.1) is 6.54 Å². The van der Waals surface area contributed by atoms with E-state index in [0.29, 0.717) is 0 Å². The van der Waals surface area contributed by atoms with E-state index in [1.807, 2.05) is 0 Å². The number of aryl methyl sites for hydroxylation is 1. The summed E-state index contributed by atoms with van der Waals surface area (Å²) in [5, 5.41) is 0. The van der Waals surface area contributed by atoms with Crippen LogP contribution in [-0.2, 0) is 6.54 Å². The summed E-state index contributed by atoms with van der Waals surface area (Å²) in [6, 6.07) is 17.1. The maximum absolute atomic E-state index is 3.63. The number of halogens is 1. The number of imidazole rings is 2. The lowest BCUT2D eigenvalue weighted by molar-refractivity contribution is -0.479. The van der Waals surface area contributed by atoms with Crippen molar-refractivity contribution >= 4 is 32.7 Å². The zero-order valence-corrected chi connectivity index (χ0v) is 17.0. The third kappa shape index (κ3) is 3.19. The van der Waals surface area contributed by atoms with Gasteiger partial charge in [0.25, 0.3) is 0 Å². The zero-order valence-electron chi connectivity index (χ0n) is 15.4. The van der Waals surface area contributed by atoms with Crippen molar-refractivity contribution in [1.29, 1.82) is 0 Å². The Kier molecular flexibility index (Phi) is 4.50. The van der Waals surface area contributed by atoms with Crippen molar-refractivity contribution in [3.63, 3.8) is 0 Å². The summed E-state index contributed by atoms with van der Waals surface area (Å²) in [6.45, 7) is 4.74. The van der Waals surface area contributed by atoms with Gasteiger partial charge in [0.2, 0.25) is 0 Å². The molecule has 138 valence electrons. The van der Waals surface area contributed by atoms with E-state index in [0.717, 1.165) is 16.8 Å². The lowest BCUT2D eigenvalue weighted by atomic mass is 10.1. The monoisotopic (exact) mass is 423 g/mol. The summed E-state index contributed by atoms with van der Waals surface area (Å²) < 4.78 is 5.85. The number of nitrogens with zero attached hydrogens (tertiary/aromatic N) is 3. The minimum Gasteiger partial charge on any atom is -0.303 e. The Labute approximate surface area is 167 Å². The lowest BCUT2D eigenvalue weighted by Gasteiger charge is -2.13. The molecule has 0 amide bonds. The summed E-state index contributed by atoms with van der Waals surface area (Å²) in [6.07, 6.45) is 6.15. The first kappa shape index (κ1) is 17.0. The molecule has 27 heavy (non-hydrogen) atoms. The van der Waals surface area contributed by atoms with Gasteiger partial charge in [0, 0.05) is 16.6 Å². The number of aromatic nitrogens is 3. The molecule has 0 spiro atoms. The number of benzene rings is 2. The van der Waals surface area contributed by atoms with E-state index in [4.69, 9.17) is 0 Å². The third-order valence-corrected chi connectivity index (χ3v) is 6.16. The second kappa shape index (κ2) is 7.13. The number of likely N-dealkylation sites (tertiary alicyclic amines) is 1. The number of fused-ring (bicyclic) bond motifs is 3. The number of hydrogen-bond acceptors (Lipinski definition) is 1. The van der Waals surface area contributed by atoms with E-state index in [1.54, 1.807) is 0 Å². The first-order chi connectivity index (χ1) is 13.3. The topological polar surface area (TPSA) is 28.1 Å². The standard InChI is InChI=1S/C22H23BrN4/c23-18-10-8-17(9-11-18)21-16-27-20-7-2-1-6-19(20)24-22(27)26(21)15-5-14-25-12-3-4-13-25/h1-2,6-11,16H,3-5,12-15H2/p+1. The van der Waals surface area contributed by atoms with Crippen molar-refractivity contribution in [2.75, 3.05) is 19.6 Å². The van der Waals surface area contributed by atoms with Crippen LogP contribution in [0.3, 0.4) is 0 Å². The van der Waals surface area contributed by atoms with E-state index in [9.17, 15) is 0 Å². The van der Waals surface area contributed by atoms with Crippen molar-refractivity contribution < 1.29 is 4.40 Å².